The van der Waals surface area contributed by atoms with E-state index in [0.29, 0.717) is 16.3 Å². The van der Waals surface area contributed by atoms with E-state index < -0.39 is 17.4 Å². The second-order valence-electron chi connectivity index (χ2n) is 6.61. The predicted molar refractivity (Wildman–Crippen MR) is 108 cm³/mol. The number of carbonyl (C=O) groups is 2. The van der Waals surface area contributed by atoms with Gasteiger partial charge in [0.1, 0.15) is 5.69 Å². The van der Waals surface area contributed by atoms with Gasteiger partial charge in [0.05, 0.1) is 17.7 Å². The van der Waals surface area contributed by atoms with Crippen molar-refractivity contribution >= 4 is 23.5 Å². The average molecular weight is 395 g/mol. The van der Waals surface area contributed by atoms with Crippen LogP contribution in [0.3, 0.4) is 0 Å². The zero-order chi connectivity index (χ0) is 20.1. The summed E-state index contributed by atoms with van der Waals surface area (Å²) in [7, 11) is 0. The largest absolute Gasteiger partial charge is 0.481 e. The van der Waals surface area contributed by atoms with Crippen molar-refractivity contribution in [2.45, 2.75) is 18.9 Å². The van der Waals surface area contributed by atoms with Crippen LogP contribution in [0.15, 0.2) is 72.8 Å². The van der Waals surface area contributed by atoms with Gasteiger partial charge in [-0.15, -0.1) is 0 Å². The molecule has 0 saturated carbocycles. The Bertz CT molecular complexity index is 1010. The van der Waals surface area contributed by atoms with E-state index in [-0.39, 0.29) is 12.1 Å². The number of amides is 1. The number of aromatic nitrogens is 1. The van der Waals surface area contributed by atoms with Gasteiger partial charge in [0, 0.05) is 10.6 Å². The zero-order valence-corrected chi connectivity index (χ0v) is 16.0. The number of nitrogens with one attached hydrogen (secondary N) is 1. The fourth-order valence-corrected chi connectivity index (χ4v) is 3.25. The third-order valence-electron chi connectivity index (χ3n) is 4.44. The number of rotatable bonds is 6. The minimum absolute atomic E-state index is 0.185. The van der Waals surface area contributed by atoms with E-state index in [9.17, 15) is 14.7 Å². The Morgan fingerprint density at radius 1 is 1.00 bits per heavy atom. The first-order valence-electron chi connectivity index (χ1n) is 8.71. The molecule has 1 heterocycles. The summed E-state index contributed by atoms with van der Waals surface area (Å²) in [6, 6.07) is 21.3. The molecule has 2 N–H and O–H groups in total. The van der Waals surface area contributed by atoms with Crippen LogP contribution >= 0.6 is 11.6 Å². The quantitative estimate of drug-likeness (QED) is 0.644. The van der Waals surface area contributed by atoms with Crippen LogP contribution in [0.4, 0.5) is 0 Å². The molecule has 0 bridgehead atoms. The lowest BCUT2D eigenvalue weighted by Gasteiger charge is -2.30. The van der Waals surface area contributed by atoms with E-state index in [0.717, 1.165) is 5.56 Å². The highest BCUT2D eigenvalue weighted by molar-refractivity contribution is 6.33. The van der Waals surface area contributed by atoms with Crippen molar-refractivity contribution in [1.82, 2.24) is 10.3 Å². The van der Waals surface area contributed by atoms with Gasteiger partial charge in [-0.25, -0.2) is 4.98 Å². The summed E-state index contributed by atoms with van der Waals surface area (Å²) in [6.07, 6.45) is -0.257. The van der Waals surface area contributed by atoms with Crippen molar-refractivity contribution in [3.63, 3.8) is 0 Å². The van der Waals surface area contributed by atoms with E-state index in [1.807, 2.05) is 24.3 Å². The minimum atomic E-state index is -1.08. The molecule has 1 atom stereocenters. The third-order valence-corrected chi connectivity index (χ3v) is 4.77. The maximum atomic E-state index is 12.9. The molecule has 5 nitrogen and oxygen atoms in total. The van der Waals surface area contributed by atoms with E-state index in [1.54, 1.807) is 55.5 Å². The fraction of sp³-hybridized carbons (Fsp3) is 0.136. The Kier molecular flexibility index (Phi) is 5.76. The lowest BCUT2D eigenvalue weighted by Crippen LogP contribution is -2.45. The van der Waals surface area contributed by atoms with Gasteiger partial charge in [-0.2, -0.15) is 0 Å². The smallest absolute Gasteiger partial charge is 0.306 e. The first kappa shape index (κ1) is 19.6. The van der Waals surface area contributed by atoms with Crippen molar-refractivity contribution in [1.29, 1.82) is 0 Å². The lowest BCUT2D eigenvalue weighted by atomic mass is 9.88. The van der Waals surface area contributed by atoms with Crippen molar-refractivity contribution in [2.75, 3.05) is 0 Å². The molecule has 1 aromatic heterocycles. The maximum absolute atomic E-state index is 12.9. The molecule has 0 radical (unpaired) electrons. The van der Waals surface area contributed by atoms with Crippen molar-refractivity contribution < 1.29 is 14.7 Å². The van der Waals surface area contributed by atoms with Crippen molar-refractivity contribution in [2.24, 2.45) is 0 Å². The molecule has 2 aromatic carbocycles. The summed E-state index contributed by atoms with van der Waals surface area (Å²) >= 11 is 6.23. The molecular weight excluding hydrogens is 376 g/mol. The molecule has 6 heteroatoms. The number of benzene rings is 2. The van der Waals surface area contributed by atoms with Crippen LogP contribution in [0.5, 0.6) is 0 Å². The highest BCUT2D eigenvalue weighted by Crippen LogP contribution is 2.27. The molecule has 0 aliphatic rings. The number of carboxylic acid groups (broad SMARTS) is 1. The number of carbonyl (C=O) groups excluding carboxylic acids is 1. The summed E-state index contributed by atoms with van der Waals surface area (Å²) in [5.74, 6) is -1.47. The first-order chi connectivity index (χ1) is 13.4. The summed E-state index contributed by atoms with van der Waals surface area (Å²) in [6.45, 7) is 1.69. The van der Waals surface area contributed by atoms with Crippen molar-refractivity contribution in [3.8, 4) is 11.3 Å². The molecule has 142 valence electrons. The van der Waals surface area contributed by atoms with Crippen molar-refractivity contribution in [3.05, 3.63) is 89.1 Å². The van der Waals surface area contributed by atoms with E-state index in [2.05, 4.69) is 10.3 Å². The Balaban J connectivity index is 1.92. The third kappa shape index (κ3) is 4.38. The van der Waals surface area contributed by atoms with Gasteiger partial charge in [-0.05, 0) is 30.7 Å². The predicted octanol–water partition coefficient (Wildman–Crippen LogP) is 4.52. The Labute approximate surface area is 168 Å². The SMILES string of the molecule is CC(CC(=O)O)(NC(=O)c1cccc(-c2ccccc2Cl)n1)c1ccccc1. The molecule has 3 aromatic rings. The number of hydrogen-bond donors (Lipinski definition) is 2. The summed E-state index contributed by atoms with van der Waals surface area (Å²) < 4.78 is 0. The first-order valence-corrected chi connectivity index (χ1v) is 9.09. The van der Waals surface area contributed by atoms with Gasteiger partial charge in [0.25, 0.3) is 5.91 Å². The number of carboxylic acids is 1. The number of aliphatic carboxylic acids is 1. The van der Waals surface area contributed by atoms with Gasteiger partial charge in [-0.3, -0.25) is 9.59 Å². The molecule has 0 aliphatic heterocycles. The number of pyridine rings is 1. The number of hydrogen-bond acceptors (Lipinski definition) is 3. The average Bonchev–Trinajstić information content (AvgIpc) is 2.68. The number of nitrogens with zero attached hydrogens (tertiary/aromatic N) is 1. The van der Waals surface area contributed by atoms with Gasteiger partial charge >= 0.3 is 5.97 Å². The zero-order valence-electron chi connectivity index (χ0n) is 15.2. The van der Waals surface area contributed by atoms with Gasteiger partial charge in [-0.1, -0.05) is 66.2 Å². The second-order valence-corrected chi connectivity index (χ2v) is 7.02. The molecule has 1 amide bonds. The number of halogens is 1. The van der Waals surface area contributed by atoms with Crippen LogP contribution in [-0.2, 0) is 10.3 Å². The normalized spacial score (nSPS) is 12.8. The monoisotopic (exact) mass is 394 g/mol. The molecule has 1 unspecified atom stereocenters. The topological polar surface area (TPSA) is 79.3 Å². The van der Waals surface area contributed by atoms with E-state index >= 15 is 0 Å². The molecule has 28 heavy (non-hydrogen) atoms. The van der Waals surface area contributed by atoms with Crippen LogP contribution in [0.2, 0.25) is 5.02 Å². The fourth-order valence-electron chi connectivity index (χ4n) is 3.02. The van der Waals surface area contributed by atoms with Crippen LogP contribution in [0.25, 0.3) is 11.3 Å². The van der Waals surface area contributed by atoms with E-state index in [1.165, 1.54) is 0 Å². The standard InChI is InChI=1S/C22H19ClN2O3/c1-22(14-20(26)27,15-8-3-2-4-9-15)25-21(28)19-13-7-12-18(24-19)16-10-5-6-11-17(16)23/h2-13H,14H2,1H3,(H,25,28)(H,26,27). The minimum Gasteiger partial charge on any atom is -0.481 e. The molecular formula is C22H19ClN2O3. The van der Waals surface area contributed by atoms with Crippen LogP contribution in [0.1, 0.15) is 29.4 Å². The van der Waals surface area contributed by atoms with Gasteiger partial charge < -0.3 is 10.4 Å². The molecule has 0 saturated heterocycles. The second kappa shape index (κ2) is 8.23. The molecule has 3 rings (SSSR count). The lowest BCUT2D eigenvalue weighted by molar-refractivity contribution is -0.138. The summed E-state index contributed by atoms with van der Waals surface area (Å²) in [5, 5.41) is 12.7. The van der Waals surface area contributed by atoms with Gasteiger partial charge in [0.2, 0.25) is 0 Å². The Morgan fingerprint density at radius 2 is 1.68 bits per heavy atom. The van der Waals surface area contributed by atoms with Crippen LogP contribution in [0, 0.1) is 0 Å². The Hall–Kier alpha value is -3.18. The molecule has 0 spiro atoms. The summed E-state index contributed by atoms with van der Waals surface area (Å²) in [5.41, 5.74) is 1.10. The van der Waals surface area contributed by atoms with E-state index in [4.69, 9.17) is 11.6 Å². The molecule has 0 aliphatic carbocycles. The van der Waals surface area contributed by atoms with Gasteiger partial charge in [0.15, 0.2) is 0 Å². The maximum Gasteiger partial charge on any atom is 0.306 e. The summed E-state index contributed by atoms with van der Waals surface area (Å²) in [4.78, 5) is 28.7. The highest BCUT2D eigenvalue weighted by Gasteiger charge is 2.32. The van der Waals surface area contributed by atoms with Crippen LogP contribution < -0.4 is 5.32 Å². The van der Waals surface area contributed by atoms with Crippen LogP contribution in [-0.4, -0.2) is 22.0 Å². The Morgan fingerprint density at radius 3 is 2.36 bits per heavy atom. The molecule has 0 fully saturated rings. The highest BCUT2D eigenvalue weighted by atomic mass is 35.5.